The third-order valence-electron chi connectivity index (χ3n) is 0.572. The van der Waals surface area contributed by atoms with Gasteiger partial charge in [-0.3, -0.25) is 9.63 Å². The van der Waals surface area contributed by atoms with Gasteiger partial charge in [-0.15, -0.1) is 0 Å². The number of carbonyl (C=O) groups excluding carboxylic acids is 1. The van der Waals surface area contributed by atoms with E-state index in [0.29, 0.717) is 13.0 Å². The largest absolute Gasteiger partial charge is 0.276 e. The summed E-state index contributed by atoms with van der Waals surface area (Å²) < 4.78 is 0. The smallest absolute Gasteiger partial charge is 0.233 e. The molecular formula is C4H8NO2. The number of rotatable bonds is 3. The van der Waals surface area contributed by atoms with E-state index in [-0.39, 0.29) is 0 Å². The maximum Gasteiger partial charge on any atom is 0.233 e. The highest BCUT2D eigenvalue weighted by Gasteiger charge is 1.88. The fourth-order valence-corrected chi connectivity index (χ4v) is 0.187. The van der Waals surface area contributed by atoms with Gasteiger partial charge in [0.1, 0.15) is 0 Å². The summed E-state index contributed by atoms with van der Waals surface area (Å²) in [6.45, 7) is 3.74. The van der Waals surface area contributed by atoms with Crippen molar-refractivity contribution in [2.24, 2.45) is 0 Å². The molecule has 0 bridgehead atoms. The maximum atomic E-state index is 9.73. The Kier molecular flexibility index (Phi) is 3.32. The Labute approximate surface area is 42.8 Å². The average Bonchev–Trinajstić information content (AvgIpc) is 1.72. The van der Waals surface area contributed by atoms with Gasteiger partial charge in [-0.25, -0.2) is 5.06 Å². The predicted molar refractivity (Wildman–Crippen MR) is 25.1 cm³/mol. The summed E-state index contributed by atoms with van der Waals surface area (Å²) in [5.74, 6) is 0. The van der Waals surface area contributed by atoms with Crippen molar-refractivity contribution in [2.75, 3.05) is 13.7 Å². The third kappa shape index (κ3) is 2.17. The van der Waals surface area contributed by atoms with E-state index in [2.05, 4.69) is 11.8 Å². The Balaban J connectivity index is 3.16. The van der Waals surface area contributed by atoms with Gasteiger partial charge in [0.05, 0.1) is 7.11 Å². The van der Waals surface area contributed by atoms with Crippen LogP contribution in [-0.2, 0) is 9.63 Å². The van der Waals surface area contributed by atoms with Crippen molar-refractivity contribution in [1.29, 1.82) is 0 Å². The second kappa shape index (κ2) is 3.61. The summed E-state index contributed by atoms with van der Waals surface area (Å²) >= 11 is 0. The van der Waals surface area contributed by atoms with Gasteiger partial charge in [0, 0.05) is 6.54 Å². The summed E-state index contributed by atoms with van der Waals surface area (Å²) in [4.78, 5) is 14.2. The molecule has 0 N–H and O–H groups in total. The van der Waals surface area contributed by atoms with Crippen LogP contribution in [0.25, 0.3) is 0 Å². The van der Waals surface area contributed by atoms with Gasteiger partial charge in [-0.1, -0.05) is 0 Å². The molecule has 0 saturated carbocycles. The van der Waals surface area contributed by atoms with Crippen LogP contribution < -0.4 is 0 Å². The van der Waals surface area contributed by atoms with E-state index in [1.165, 1.54) is 7.11 Å². The zero-order valence-electron chi connectivity index (χ0n) is 4.26. The lowest BCUT2D eigenvalue weighted by Gasteiger charge is -2.08. The van der Waals surface area contributed by atoms with Gasteiger partial charge >= 0.3 is 0 Å². The van der Waals surface area contributed by atoms with Crippen LogP contribution in [0.1, 0.15) is 0 Å². The SMILES string of the molecule is [CH2]CN(C=O)OC. The zero-order chi connectivity index (χ0) is 5.70. The molecule has 0 saturated heterocycles. The minimum absolute atomic E-state index is 0.347. The normalized spacial score (nSPS) is 8.29. The van der Waals surface area contributed by atoms with Crippen LogP contribution in [0.5, 0.6) is 0 Å². The fourth-order valence-electron chi connectivity index (χ4n) is 0.187. The lowest BCUT2D eigenvalue weighted by atomic mass is 10.8. The third-order valence-corrected chi connectivity index (χ3v) is 0.572. The van der Waals surface area contributed by atoms with Crippen LogP contribution in [-0.4, -0.2) is 25.1 Å². The van der Waals surface area contributed by atoms with Crippen LogP contribution in [0.3, 0.4) is 0 Å². The van der Waals surface area contributed by atoms with Gasteiger partial charge in [-0.05, 0) is 6.92 Å². The zero-order valence-corrected chi connectivity index (χ0v) is 4.26. The quantitative estimate of drug-likeness (QED) is 0.366. The maximum absolute atomic E-state index is 9.73. The second-order valence-electron chi connectivity index (χ2n) is 0.929. The van der Waals surface area contributed by atoms with Crippen molar-refractivity contribution in [3.63, 3.8) is 0 Å². The van der Waals surface area contributed by atoms with E-state index in [1.54, 1.807) is 0 Å². The number of carbonyl (C=O) groups is 1. The van der Waals surface area contributed by atoms with E-state index in [4.69, 9.17) is 0 Å². The van der Waals surface area contributed by atoms with Gasteiger partial charge < -0.3 is 0 Å². The van der Waals surface area contributed by atoms with Crippen LogP contribution >= 0.6 is 0 Å². The summed E-state index contributed by atoms with van der Waals surface area (Å²) in [6, 6.07) is 0. The highest BCUT2D eigenvalue weighted by Crippen LogP contribution is 1.75. The van der Waals surface area contributed by atoms with Crippen molar-refractivity contribution in [3.05, 3.63) is 6.92 Å². The van der Waals surface area contributed by atoms with E-state index in [0.717, 1.165) is 5.06 Å². The first-order valence-electron chi connectivity index (χ1n) is 1.90. The number of hydrogen-bond donors (Lipinski definition) is 0. The highest BCUT2D eigenvalue weighted by molar-refractivity contribution is 5.44. The minimum Gasteiger partial charge on any atom is -0.276 e. The molecule has 3 nitrogen and oxygen atoms in total. The molecule has 3 heteroatoms. The van der Waals surface area contributed by atoms with Crippen LogP contribution in [0.4, 0.5) is 0 Å². The van der Waals surface area contributed by atoms with Crippen molar-refractivity contribution < 1.29 is 9.63 Å². The Bertz CT molecular complexity index is 51.7. The van der Waals surface area contributed by atoms with E-state index in [1.807, 2.05) is 0 Å². The number of amides is 1. The molecule has 0 aromatic heterocycles. The Morgan fingerprint density at radius 1 is 2.00 bits per heavy atom. The molecule has 1 amide bonds. The summed E-state index contributed by atoms with van der Waals surface area (Å²) in [5.41, 5.74) is 0. The van der Waals surface area contributed by atoms with Crippen molar-refractivity contribution in [2.45, 2.75) is 0 Å². The molecule has 41 valence electrons. The molecule has 0 heterocycles. The van der Waals surface area contributed by atoms with Gasteiger partial charge in [0.2, 0.25) is 6.41 Å². The second-order valence-corrected chi connectivity index (χ2v) is 0.929. The molecule has 7 heavy (non-hydrogen) atoms. The molecular weight excluding hydrogens is 94.0 g/mol. The first kappa shape index (κ1) is 6.43. The standard InChI is InChI=1S/C4H8NO2/c1-3-5(4-6)7-2/h4H,1,3H2,2H3. The molecule has 0 fully saturated rings. The lowest BCUT2D eigenvalue weighted by Crippen LogP contribution is -2.19. The summed E-state index contributed by atoms with van der Waals surface area (Å²) in [6.07, 6.45) is 0.576. The van der Waals surface area contributed by atoms with Gasteiger partial charge in [0.25, 0.3) is 0 Å². The Morgan fingerprint density at radius 3 is 2.57 bits per heavy atom. The highest BCUT2D eigenvalue weighted by atomic mass is 16.7. The van der Waals surface area contributed by atoms with Crippen molar-refractivity contribution in [1.82, 2.24) is 5.06 Å². The van der Waals surface area contributed by atoms with E-state index < -0.39 is 0 Å². The van der Waals surface area contributed by atoms with Crippen LogP contribution in [0, 0.1) is 6.92 Å². The molecule has 0 aliphatic heterocycles. The van der Waals surface area contributed by atoms with E-state index >= 15 is 0 Å². The molecule has 0 unspecified atom stereocenters. The molecule has 0 aromatic rings. The molecule has 0 aromatic carbocycles. The monoisotopic (exact) mass is 102 g/mol. The summed E-state index contributed by atoms with van der Waals surface area (Å²) in [5, 5.41) is 1.08. The fraction of sp³-hybridized carbons (Fsp3) is 0.500. The molecule has 0 atom stereocenters. The lowest BCUT2D eigenvalue weighted by molar-refractivity contribution is -0.157. The molecule has 0 aliphatic rings. The number of hydroxylamine groups is 2. The van der Waals surface area contributed by atoms with Crippen LogP contribution in [0.2, 0.25) is 0 Å². The van der Waals surface area contributed by atoms with Crippen molar-refractivity contribution in [3.8, 4) is 0 Å². The molecule has 0 spiro atoms. The van der Waals surface area contributed by atoms with E-state index in [9.17, 15) is 4.79 Å². The van der Waals surface area contributed by atoms with Crippen LogP contribution in [0.15, 0.2) is 0 Å². The minimum atomic E-state index is 0.347. The Hall–Kier alpha value is -0.570. The number of nitrogens with zero attached hydrogens (tertiary/aromatic N) is 1. The average molecular weight is 102 g/mol. The van der Waals surface area contributed by atoms with Gasteiger partial charge in [0.15, 0.2) is 0 Å². The first-order chi connectivity index (χ1) is 3.35. The molecule has 0 rings (SSSR count). The van der Waals surface area contributed by atoms with Gasteiger partial charge in [-0.2, -0.15) is 0 Å². The predicted octanol–water partition coefficient (Wildman–Crippen LogP) is -0.160. The topological polar surface area (TPSA) is 29.5 Å². The first-order valence-corrected chi connectivity index (χ1v) is 1.90. The van der Waals surface area contributed by atoms with Crippen molar-refractivity contribution >= 4 is 6.41 Å². The number of hydrogen-bond acceptors (Lipinski definition) is 2. The summed E-state index contributed by atoms with van der Waals surface area (Å²) in [7, 11) is 1.42. The molecule has 0 aliphatic carbocycles. The molecule has 1 radical (unpaired) electrons. The Morgan fingerprint density at radius 2 is 2.57 bits per heavy atom.